The molecule has 0 fully saturated rings. The third-order valence-corrected chi connectivity index (χ3v) is 3.82. The lowest BCUT2D eigenvalue weighted by Crippen LogP contribution is -2.18. The highest BCUT2D eigenvalue weighted by atomic mass is 32.1. The van der Waals surface area contributed by atoms with Crippen LogP contribution in [-0.4, -0.2) is 18.1 Å². The monoisotopic (exact) mass is 278 g/mol. The SMILES string of the molecule is CCCCNCCc1nc(-c2ccc(F)cc2)cs1. The molecule has 0 saturated carbocycles. The standard InChI is InChI=1S/C15H19FN2S/c1-2-3-9-17-10-8-15-18-14(11-19-15)12-4-6-13(16)7-5-12/h4-7,11,17H,2-3,8-10H2,1H3. The zero-order valence-electron chi connectivity index (χ0n) is 11.2. The molecule has 19 heavy (non-hydrogen) atoms. The Morgan fingerprint density at radius 3 is 2.74 bits per heavy atom. The third-order valence-electron chi connectivity index (χ3n) is 2.91. The number of hydrogen-bond donors (Lipinski definition) is 1. The van der Waals surface area contributed by atoms with Crippen molar-refractivity contribution in [3.63, 3.8) is 0 Å². The van der Waals surface area contributed by atoms with Crippen LogP contribution >= 0.6 is 11.3 Å². The fraction of sp³-hybridized carbons (Fsp3) is 0.400. The lowest BCUT2D eigenvalue weighted by molar-refractivity contribution is 0.628. The number of rotatable bonds is 7. The molecular weight excluding hydrogens is 259 g/mol. The van der Waals surface area contributed by atoms with Crippen LogP contribution in [0.4, 0.5) is 4.39 Å². The second kappa shape index (κ2) is 7.36. The van der Waals surface area contributed by atoms with Crippen molar-refractivity contribution in [2.75, 3.05) is 13.1 Å². The quantitative estimate of drug-likeness (QED) is 0.777. The van der Waals surface area contributed by atoms with E-state index >= 15 is 0 Å². The first-order valence-electron chi connectivity index (χ1n) is 6.70. The first-order valence-corrected chi connectivity index (χ1v) is 7.58. The normalized spacial score (nSPS) is 10.8. The summed E-state index contributed by atoms with van der Waals surface area (Å²) in [5, 5.41) is 6.57. The third kappa shape index (κ3) is 4.40. The van der Waals surface area contributed by atoms with Crippen molar-refractivity contribution in [1.82, 2.24) is 10.3 Å². The second-order valence-corrected chi connectivity index (χ2v) is 5.43. The molecule has 0 atom stereocenters. The molecule has 4 heteroatoms. The van der Waals surface area contributed by atoms with E-state index in [1.54, 1.807) is 23.5 Å². The minimum absolute atomic E-state index is 0.209. The van der Waals surface area contributed by atoms with Crippen LogP contribution in [0.1, 0.15) is 24.8 Å². The van der Waals surface area contributed by atoms with Crippen molar-refractivity contribution in [2.24, 2.45) is 0 Å². The van der Waals surface area contributed by atoms with Gasteiger partial charge < -0.3 is 5.32 Å². The van der Waals surface area contributed by atoms with E-state index in [4.69, 9.17) is 0 Å². The van der Waals surface area contributed by atoms with Crippen LogP contribution in [0.3, 0.4) is 0 Å². The van der Waals surface area contributed by atoms with Crippen molar-refractivity contribution < 1.29 is 4.39 Å². The maximum atomic E-state index is 12.8. The first-order chi connectivity index (χ1) is 9.29. The number of nitrogens with zero attached hydrogens (tertiary/aromatic N) is 1. The van der Waals surface area contributed by atoms with Gasteiger partial charge in [0.05, 0.1) is 10.7 Å². The Hall–Kier alpha value is -1.26. The Kier molecular flexibility index (Phi) is 5.48. The number of aromatic nitrogens is 1. The molecule has 0 amide bonds. The highest BCUT2D eigenvalue weighted by Crippen LogP contribution is 2.22. The molecule has 0 aliphatic heterocycles. The Labute approximate surface area is 117 Å². The van der Waals surface area contributed by atoms with E-state index in [0.717, 1.165) is 35.8 Å². The molecule has 0 aliphatic rings. The van der Waals surface area contributed by atoms with Crippen LogP contribution in [-0.2, 0) is 6.42 Å². The van der Waals surface area contributed by atoms with Crippen LogP contribution in [0.15, 0.2) is 29.6 Å². The van der Waals surface area contributed by atoms with Gasteiger partial charge in [0, 0.05) is 23.9 Å². The minimum Gasteiger partial charge on any atom is -0.316 e. The number of halogens is 1. The van der Waals surface area contributed by atoms with Crippen molar-refractivity contribution >= 4 is 11.3 Å². The van der Waals surface area contributed by atoms with Gasteiger partial charge in [-0.1, -0.05) is 13.3 Å². The molecule has 1 N–H and O–H groups in total. The van der Waals surface area contributed by atoms with Crippen molar-refractivity contribution in [3.8, 4) is 11.3 Å². The molecule has 0 bridgehead atoms. The summed E-state index contributed by atoms with van der Waals surface area (Å²) in [6.07, 6.45) is 3.40. The smallest absolute Gasteiger partial charge is 0.123 e. The van der Waals surface area contributed by atoms with E-state index in [2.05, 4.69) is 17.2 Å². The summed E-state index contributed by atoms with van der Waals surface area (Å²) in [6.45, 7) is 4.24. The Morgan fingerprint density at radius 1 is 1.21 bits per heavy atom. The maximum Gasteiger partial charge on any atom is 0.123 e. The fourth-order valence-electron chi connectivity index (χ4n) is 1.80. The van der Waals surface area contributed by atoms with Crippen molar-refractivity contribution in [3.05, 3.63) is 40.5 Å². The topological polar surface area (TPSA) is 24.9 Å². The van der Waals surface area contributed by atoms with Crippen LogP contribution in [0.5, 0.6) is 0 Å². The van der Waals surface area contributed by atoms with Crippen LogP contribution in [0, 0.1) is 5.82 Å². The molecule has 102 valence electrons. The van der Waals surface area contributed by atoms with E-state index in [0.29, 0.717) is 0 Å². The van der Waals surface area contributed by atoms with Gasteiger partial charge in [-0.3, -0.25) is 0 Å². The van der Waals surface area contributed by atoms with Crippen LogP contribution < -0.4 is 5.32 Å². The highest BCUT2D eigenvalue weighted by Gasteiger charge is 2.04. The van der Waals surface area contributed by atoms with Gasteiger partial charge in [0.25, 0.3) is 0 Å². The molecule has 0 spiro atoms. The summed E-state index contributed by atoms with van der Waals surface area (Å²) >= 11 is 1.67. The molecule has 1 heterocycles. The van der Waals surface area contributed by atoms with E-state index in [1.165, 1.54) is 25.0 Å². The zero-order valence-corrected chi connectivity index (χ0v) is 12.0. The van der Waals surface area contributed by atoms with Gasteiger partial charge in [-0.2, -0.15) is 0 Å². The zero-order chi connectivity index (χ0) is 13.5. The molecule has 2 rings (SSSR count). The predicted octanol–water partition coefficient (Wildman–Crippen LogP) is 3.88. The number of benzene rings is 1. The average molecular weight is 278 g/mol. The molecule has 0 saturated heterocycles. The van der Waals surface area contributed by atoms with E-state index in [1.807, 2.05) is 5.38 Å². The summed E-state index contributed by atoms with van der Waals surface area (Å²) in [5.41, 5.74) is 1.91. The van der Waals surface area contributed by atoms with Crippen molar-refractivity contribution in [2.45, 2.75) is 26.2 Å². The van der Waals surface area contributed by atoms with E-state index in [9.17, 15) is 4.39 Å². The number of thiazole rings is 1. The first kappa shape index (κ1) is 14.2. The van der Waals surface area contributed by atoms with Crippen LogP contribution in [0.2, 0.25) is 0 Å². The molecule has 2 aromatic rings. The van der Waals surface area contributed by atoms with Gasteiger partial charge in [0.15, 0.2) is 0 Å². The predicted molar refractivity (Wildman–Crippen MR) is 79.0 cm³/mol. The summed E-state index contributed by atoms with van der Waals surface area (Å²) in [5.74, 6) is -0.209. The molecule has 0 radical (unpaired) electrons. The van der Waals surface area contributed by atoms with E-state index < -0.39 is 0 Å². The van der Waals surface area contributed by atoms with Gasteiger partial charge in [-0.15, -0.1) is 11.3 Å². The Morgan fingerprint density at radius 2 is 2.00 bits per heavy atom. The molecular formula is C15H19FN2S. The summed E-state index contributed by atoms with van der Waals surface area (Å²) in [4.78, 5) is 4.58. The van der Waals surface area contributed by atoms with E-state index in [-0.39, 0.29) is 5.82 Å². The molecule has 0 aliphatic carbocycles. The minimum atomic E-state index is -0.209. The summed E-state index contributed by atoms with van der Waals surface area (Å²) in [7, 11) is 0. The largest absolute Gasteiger partial charge is 0.316 e. The summed E-state index contributed by atoms with van der Waals surface area (Å²) < 4.78 is 12.8. The molecule has 0 unspecified atom stereocenters. The highest BCUT2D eigenvalue weighted by molar-refractivity contribution is 7.09. The second-order valence-electron chi connectivity index (χ2n) is 4.49. The van der Waals surface area contributed by atoms with Crippen molar-refractivity contribution in [1.29, 1.82) is 0 Å². The lowest BCUT2D eigenvalue weighted by Gasteiger charge is -2.01. The summed E-state index contributed by atoms with van der Waals surface area (Å²) in [6, 6.07) is 6.49. The van der Waals surface area contributed by atoms with Gasteiger partial charge in [-0.05, 0) is 37.2 Å². The number of hydrogen-bond acceptors (Lipinski definition) is 3. The average Bonchev–Trinajstić information content (AvgIpc) is 2.88. The lowest BCUT2D eigenvalue weighted by atomic mass is 10.2. The maximum absolute atomic E-state index is 12.8. The Bertz CT molecular complexity index is 493. The number of nitrogens with one attached hydrogen (secondary N) is 1. The number of unbranched alkanes of at least 4 members (excludes halogenated alkanes) is 1. The molecule has 1 aromatic heterocycles. The van der Waals surface area contributed by atoms with Gasteiger partial charge >= 0.3 is 0 Å². The molecule has 2 nitrogen and oxygen atoms in total. The van der Waals surface area contributed by atoms with Crippen LogP contribution in [0.25, 0.3) is 11.3 Å². The van der Waals surface area contributed by atoms with Gasteiger partial charge in [-0.25, -0.2) is 9.37 Å². The Balaban J connectivity index is 1.86. The molecule has 1 aromatic carbocycles. The fourth-order valence-corrected chi connectivity index (χ4v) is 2.61. The van der Waals surface area contributed by atoms with Gasteiger partial charge in [0.1, 0.15) is 5.82 Å². The van der Waals surface area contributed by atoms with Gasteiger partial charge in [0.2, 0.25) is 0 Å².